The minimum atomic E-state index is -0.0976. The normalized spacial score (nSPS) is 17.8. The molecule has 0 atom stereocenters. The van der Waals surface area contributed by atoms with Gasteiger partial charge in [0.2, 0.25) is 0 Å². The van der Waals surface area contributed by atoms with Crippen LogP contribution in [0, 0.1) is 20.8 Å². The van der Waals surface area contributed by atoms with E-state index in [1.807, 2.05) is 63.2 Å². The average Bonchev–Trinajstić information content (AvgIpc) is 2.85. The summed E-state index contributed by atoms with van der Waals surface area (Å²) in [6.07, 6.45) is 1.89. The van der Waals surface area contributed by atoms with Crippen LogP contribution in [-0.2, 0) is 4.79 Å². The van der Waals surface area contributed by atoms with Crippen LogP contribution in [0.15, 0.2) is 52.4 Å². The first-order valence-corrected chi connectivity index (χ1v) is 8.26. The number of amides is 1. The Morgan fingerprint density at radius 3 is 2.43 bits per heavy atom. The minimum absolute atomic E-state index is 0.0976. The Morgan fingerprint density at radius 2 is 1.70 bits per heavy atom. The van der Waals surface area contributed by atoms with Crippen LogP contribution in [0.2, 0.25) is 0 Å². The topological polar surface area (TPSA) is 41.5 Å². The maximum atomic E-state index is 12.1. The van der Waals surface area contributed by atoms with Gasteiger partial charge in [-0.25, -0.2) is 4.99 Å². The first-order valence-electron chi connectivity index (χ1n) is 7.45. The van der Waals surface area contributed by atoms with E-state index in [2.05, 4.69) is 16.4 Å². The molecular weight excluding hydrogens is 304 g/mol. The molecule has 1 aliphatic heterocycles. The molecule has 0 aliphatic carbocycles. The predicted molar refractivity (Wildman–Crippen MR) is 97.9 cm³/mol. The lowest BCUT2D eigenvalue weighted by atomic mass is 10.1. The van der Waals surface area contributed by atoms with E-state index in [-0.39, 0.29) is 5.91 Å². The molecule has 0 saturated carbocycles. The molecule has 0 unspecified atom stereocenters. The summed E-state index contributed by atoms with van der Waals surface area (Å²) in [6.45, 7) is 6.10. The van der Waals surface area contributed by atoms with Crippen molar-refractivity contribution in [2.24, 2.45) is 4.99 Å². The fourth-order valence-electron chi connectivity index (χ4n) is 2.24. The van der Waals surface area contributed by atoms with Gasteiger partial charge in [0.1, 0.15) is 0 Å². The van der Waals surface area contributed by atoms with Gasteiger partial charge in [0.05, 0.1) is 10.6 Å². The lowest BCUT2D eigenvalue weighted by molar-refractivity contribution is -0.115. The minimum Gasteiger partial charge on any atom is -0.300 e. The summed E-state index contributed by atoms with van der Waals surface area (Å²) in [7, 11) is 0. The fourth-order valence-corrected chi connectivity index (χ4v) is 3.08. The van der Waals surface area contributed by atoms with Gasteiger partial charge < -0.3 is 5.32 Å². The monoisotopic (exact) mass is 322 g/mol. The van der Waals surface area contributed by atoms with Crippen LogP contribution in [0.25, 0.3) is 6.08 Å². The van der Waals surface area contributed by atoms with Gasteiger partial charge in [-0.15, -0.1) is 0 Å². The Labute approximate surface area is 140 Å². The number of benzene rings is 2. The van der Waals surface area contributed by atoms with E-state index >= 15 is 0 Å². The molecule has 23 heavy (non-hydrogen) atoms. The molecule has 0 bridgehead atoms. The zero-order chi connectivity index (χ0) is 16.4. The third-order valence-corrected chi connectivity index (χ3v) is 4.52. The number of hydrogen-bond donors (Lipinski definition) is 1. The number of aryl methyl sites for hydroxylation is 3. The van der Waals surface area contributed by atoms with Gasteiger partial charge in [-0.1, -0.05) is 42.0 Å². The van der Waals surface area contributed by atoms with Crippen LogP contribution in [0.1, 0.15) is 22.3 Å². The number of carbonyl (C=O) groups is 1. The second-order valence-corrected chi connectivity index (χ2v) is 6.71. The highest BCUT2D eigenvalue weighted by Gasteiger charge is 2.23. The van der Waals surface area contributed by atoms with Gasteiger partial charge in [0.15, 0.2) is 5.17 Å². The van der Waals surface area contributed by atoms with Crippen molar-refractivity contribution in [1.82, 2.24) is 5.32 Å². The van der Waals surface area contributed by atoms with Crippen LogP contribution in [0.3, 0.4) is 0 Å². The summed E-state index contributed by atoms with van der Waals surface area (Å²) in [4.78, 5) is 17.4. The zero-order valence-electron chi connectivity index (χ0n) is 13.4. The molecule has 1 N–H and O–H groups in total. The number of aliphatic imine (C=N–C) groups is 1. The second kappa shape index (κ2) is 6.42. The highest BCUT2D eigenvalue weighted by molar-refractivity contribution is 8.18. The van der Waals surface area contributed by atoms with Gasteiger partial charge in [0, 0.05) is 0 Å². The lowest BCUT2D eigenvalue weighted by Gasteiger charge is -2.02. The first-order chi connectivity index (χ1) is 11.0. The SMILES string of the molecule is Cc1ccc(/C=C2\SC(=Nc3cc(C)ccc3C)NC2=O)cc1. The number of amidine groups is 1. The molecule has 3 nitrogen and oxygen atoms in total. The van der Waals surface area contributed by atoms with E-state index in [9.17, 15) is 4.79 Å². The third kappa shape index (κ3) is 3.71. The van der Waals surface area contributed by atoms with Crippen molar-refractivity contribution in [3.05, 3.63) is 69.6 Å². The van der Waals surface area contributed by atoms with Crippen LogP contribution in [-0.4, -0.2) is 11.1 Å². The van der Waals surface area contributed by atoms with Gasteiger partial charge >= 0.3 is 0 Å². The molecule has 2 aromatic rings. The van der Waals surface area contributed by atoms with Crippen molar-refractivity contribution in [3.63, 3.8) is 0 Å². The molecular formula is C19H18N2OS. The summed E-state index contributed by atoms with van der Waals surface area (Å²) in [5, 5.41) is 3.46. The molecule has 0 radical (unpaired) electrons. The van der Waals surface area contributed by atoms with Crippen LogP contribution < -0.4 is 5.32 Å². The van der Waals surface area contributed by atoms with E-state index in [0.29, 0.717) is 10.1 Å². The van der Waals surface area contributed by atoms with Crippen molar-refractivity contribution in [2.45, 2.75) is 20.8 Å². The van der Waals surface area contributed by atoms with Crippen LogP contribution in [0.5, 0.6) is 0 Å². The summed E-state index contributed by atoms with van der Waals surface area (Å²) < 4.78 is 0. The number of nitrogens with zero attached hydrogens (tertiary/aromatic N) is 1. The Morgan fingerprint density at radius 1 is 1.00 bits per heavy atom. The Kier molecular flexibility index (Phi) is 4.35. The van der Waals surface area contributed by atoms with E-state index < -0.39 is 0 Å². The van der Waals surface area contributed by atoms with E-state index in [0.717, 1.165) is 22.4 Å². The van der Waals surface area contributed by atoms with Crippen molar-refractivity contribution in [3.8, 4) is 0 Å². The van der Waals surface area contributed by atoms with Gasteiger partial charge in [-0.2, -0.15) is 0 Å². The van der Waals surface area contributed by atoms with Crippen molar-refractivity contribution < 1.29 is 4.79 Å². The number of hydrogen-bond acceptors (Lipinski definition) is 3. The molecule has 1 fully saturated rings. The summed E-state index contributed by atoms with van der Waals surface area (Å²) in [5.74, 6) is -0.0976. The lowest BCUT2D eigenvalue weighted by Crippen LogP contribution is -2.19. The Hall–Kier alpha value is -2.33. The molecule has 1 aliphatic rings. The average molecular weight is 322 g/mol. The van der Waals surface area contributed by atoms with Crippen molar-refractivity contribution in [2.75, 3.05) is 0 Å². The number of rotatable bonds is 2. The van der Waals surface area contributed by atoms with E-state index in [1.54, 1.807) is 0 Å². The van der Waals surface area contributed by atoms with Crippen LogP contribution >= 0.6 is 11.8 Å². The van der Waals surface area contributed by atoms with E-state index in [1.165, 1.54) is 17.3 Å². The largest absolute Gasteiger partial charge is 0.300 e. The standard InChI is InChI=1S/C19H18N2OS/c1-12-5-8-15(9-6-12)11-17-18(22)21-19(23-17)20-16-10-13(2)4-7-14(16)3/h4-11H,1-3H3,(H,20,21,22)/b17-11-. The summed E-state index contributed by atoms with van der Waals surface area (Å²) in [5.41, 5.74) is 5.35. The molecule has 3 rings (SSSR count). The fraction of sp³-hybridized carbons (Fsp3) is 0.158. The number of carbonyl (C=O) groups excluding carboxylic acids is 1. The molecule has 2 aromatic carbocycles. The second-order valence-electron chi connectivity index (χ2n) is 5.68. The molecule has 116 valence electrons. The molecule has 1 saturated heterocycles. The highest BCUT2D eigenvalue weighted by atomic mass is 32.2. The molecule has 1 heterocycles. The first kappa shape index (κ1) is 15.6. The Bertz CT molecular complexity index is 820. The van der Waals surface area contributed by atoms with Gasteiger partial charge in [-0.3, -0.25) is 4.79 Å². The quantitative estimate of drug-likeness (QED) is 0.827. The van der Waals surface area contributed by atoms with Crippen molar-refractivity contribution in [1.29, 1.82) is 0 Å². The smallest absolute Gasteiger partial charge is 0.264 e. The predicted octanol–water partition coefficient (Wildman–Crippen LogP) is 4.50. The molecule has 1 amide bonds. The Balaban J connectivity index is 1.86. The van der Waals surface area contributed by atoms with Gasteiger partial charge in [0.25, 0.3) is 5.91 Å². The molecule has 4 heteroatoms. The maximum absolute atomic E-state index is 12.1. The number of thioether (sulfide) groups is 1. The summed E-state index contributed by atoms with van der Waals surface area (Å²) >= 11 is 1.38. The molecule has 0 spiro atoms. The number of nitrogens with one attached hydrogen (secondary N) is 1. The van der Waals surface area contributed by atoms with Crippen LogP contribution in [0.4, 0.5) is 5.69 Å². The van der Waals surface area contributed by atoms with Gasteiger partial charge in [-0.05, 0) is 61.4 Å². The maximum Gasteiger partial charge on any atom is 0.264 e. The molecule has 0 aromatic heterocycles. The van der Waals surface area contributed by atoms with E-state index in [4.69, 9.17) is 0 Å². The third-order valence-electron chi connectivity index (χ3n) is 3.61. The van der Waals surface area contributed by atoms with Crippen molar-refractivity contribution >= 4 is 34.6 Å². The summed E-state index contributed by atoms with van der Waals surface area (Å²) in [6, 6.07) is 14.2. The zero-order valence-corrected chi connectivity index (χ0v) is 14.2. The highest BCUT2D eigenvalue weighted by Crippen LogP contribution is 2.29.